The largest absolute Gasteiger partial charge is 0.312 e. The third kappa shape index (κ3) is 2.60. The van der Waals surface area contributed by atoms with Crippen LogP contribution in [0.25, 0.3) is 0 Å². The zero-order valence-corrected chi connectivity index (χ0v) is 9.68. The van der Waals surface area contributed by atoms with Crippen molar-refractivity contribution >= 4 is 0 Å². The molecule has 1 aliphatic heterocycles. The molecule has 0 fully saturated rings. The second-order valence-electron chi connectivity index (χ2n) is 4.44. The van der Waals surface area contributed by atoms with Crippen molar-refractivity contribution in [3.63, 3.8) is 0 Å². The van der Waals surface area contributed by atoms with Gasteiger partial charge in [0, 0.05) is 6.54 Å². The van der Waals surface area contributed by atoms with Crippen molar-refractivity contribution in [2.75, 3.05) is 6.54 Å². The second-order valence-corrected chi connectivity index (χ2v) is 4.44. The predicted molar refractivity (Wildman–Crippen MR) is 65.1 cm³/mol. The Balaban J connectivity index is 2.09. The smallest absolute Gasteiger partial charge is 0.0208 e. The average Bonchev–Trinajstić information content (AvgIpc) is 2.30. The number of benzene rings is 1. The minimum absolute atomic E-state index is 1.07. The summed E-state index contributed by atoms with van der Waals surface area (Å²) in [7, 11) is 0. The summed E-state index contributed by atoms with van der Waals surface area (Å²) < 4.78 is 0. The Morgan fingerprint density at radius 1 is 1.27 bits per heavy atom. The first-order chi connectivity index (χ1) is 7.42. The molecule has 1 aromatic rings. The van der Waals surface area contributed by atoms with Crippen molar-refractivity contribution in [3.8, 4) is 0 Å². The SMILES string of the molecule is CCCCCc1cccc2c1CCNC2. The van der Waals surface area contributed by atoms with Gasteiger partial charge in [0.2, 0.25) is 0 Å². The number of hydrogen-bond acceptors (Lipinski definition) is 1. The Kier molecular flexibility index (Phi) is 3.79. The molecular formula is C14H21N. The van der Waals surface area contributed by atoms with Crippen molar-refractivity contribution in [1.82, 2.24) is 5.32 Å². The molecule has 0 bridgehead atoms. The molecule has 1 aromatic carbocycles. The Hall–Kier alpha value is -0.820. The van der Waals surface area contributed by atoms with Gasteiger partial charge in [-0.2, -0.15) is 0 Å². The summed E-state index contributed by atoms with van der Waals surface area (Å²) in [6.45, 7) is 4.49. The van der Waals surface area contributed by atoms with Crippen molar-refractivity contribution in [1.29, 1.82) is 0 Å². The van der Waals surface area contributed by atoms with Crippen LogP contribution in [0.3, 0.4) is 0 Å². The molecule has 1 heterocycles. The highest BCUT2D eigenvalue weighted by molar-refractivity contribution is 5.37. The van der Waals surface area contributed by atoms with Crippen LogP contribution in [0.15, 0.2) is 18.2 Å². The molecule has 1 aliphatic rings. The Labute approximate surface area is 92.9 Å². The number of rotatable bonds is 4. The fourth-order valence-electron chi connectivity index (χ4n) is 2.41. The van der Waals surface area contributed by atoms with E-state index in [9.17, 15) is 0 Å². The summed E-state index contributed by atoms with van der Waals surface area (Å²) >= 11 is 0. The Bertz CT molecular complexity index is 317. The first-order valence-corrected chi connectivity index (χ1v) is 6.22. The molecule has 0 atom stereocenters. The lowest BCUT2D eigenvalue weighted by molar-refractivity contribution is 0.633. The van der Waals surface area contributed by atoms with Gasteiger partial charge in [-0.25, -0.2) is 0 Å². The van der Waals surface area contributed by atoms with E-state index in [2.05, 4.69) is 30.4 Å². The molecule has 0 unspecified atom stereocenters. The standard InChI is InChI=1S/C14H21N/c1-2-3-4-6-12-7-5-8-13-11-15-10-9-14(12)13/h5,7-8,15H,2-4,6,9-11H2,1H3. The topological polar surface area (TPSA) is 12.0 Å². The van der Waals surface area contributed by atoms with E-state index < -0.39 is 0 Å². The van der Waals surface area contributed by atoms with Crippen molar-refractivity contribution in [3.05, 3.63) is 34.9 Å². The summed E-state index contributed by atoms with van der Waals surface area (Å²) in [5.74, 6) is 0. The van der Waals surface area contributed by atoms with Crippen molar-refractivity contribution in [2.45, 2.75) is 45.6 Å². The van der Waals surface area contributed by atoms with E-state index in [-0.39, 0.29) is 0 Å². The molecule has 0 aromatic heterocycles. The summed E-state index contributed by atoms with van der Waals surface area (Å²) in [5, 5.41) is 3.44. The molecule has 0 aliphatic carbocycles. The molecule has 82 valence electrons. The maximum atomic E-state index is 3.44. The fraction of sp³-hybridized carbons (Fsp3) is 0.571. The monoisotopic (exact) mass is 203 g/mol. The summed E-state index contributed by atoms with van der Waals surface area (Å²) in [4.78, 5) is 0. The van der Waals surface area contributed by atoms with Gasteiger partial charge in [-0.15, -0.1) is 0 Å². The maximum absolute atomic E-state index is 3.44. The third-order valence-corrected chi connectivity index (χ3v) is 3.29. The predicted octanol–water partition coefficient (Wildman–Crippen LogP) is 3.07. The number of unbranched alkanes of at least 4 members (excludes halogenated alkanes) is 2. The zero-order valence-electron chi connectivity index (χ0n) is 9.68. The molecule has 15 heavy (non-hydrogen) atoms. The molecule has 2 rings (SSSR count). The van der Waals surface area contributed by atoms with Gasteiger partial charge in [0.15, 0.2) is 0 Å². The van der Waals surface area contributed by atoms with Crippen LogP contribution < -0.4 is 5.32 Å². The van der Waals surface area contributed by atoms with Crippen LogP contribution in [0.1, 0.15) is 42.9 Å². The van der Waals surface area contributed by atoms with Gasteiger partial charge in [0.05, 0.1) is 0 Å². The van der Waals surface area contributed by atoms with Crippen LogP contribution in [-0.2, 0) is 19.4 Å². The highest BCUT2D eigenvalue weighted by Crippen LogP contribution is 2.20. The van der Waals surface area contributed by atoms with Gasteiger partial charge in [-0.05, 0) is 42.5 Å². The zero-order chi connectivity index (χ0) is 10.5. The quantitative estimate of drug-likeness (QED) is 0.742. The van der Waals surface area contributed by atoms with Gasteiger partial charge in [0.25, 0.3) is 0 Å². The molecule has 1 N–H and O–H groups in total. The second kappa shape index (κ2) is 5.32. The van der Waals surface area contributed by atoms with Crippen LogP contribution in [0.4, 0.5) is 0 Å². The van der Waals surface area contributed by atoms with Crippen molar-refractivity contribution in [2.24, 2.45) is 0 Å². The summed E-state index contributed by atoms with van der Waals surface area (Å²) in [6.07, 6.45) is 6.52. The van der Waals surface area contributed by atoms with Crippen molar-refractivity contribution < 1.29 is 0 Å². The maximum Gasteiger partial charge on any atom is 0.0208 e. The van der Waals surface area contributed by atoms with E-state index in [0.29, 0.717) is 0 Å². The lowest BCUT2D eigenvalue weighted by Gasteiger charge is -2.20. The summed E-state index contributed by atoms with van der Waals surface area (Å²) in [5.41, 5.74) is 4.75. The van der Waals surface area contributed by atoms with Gasteiger partial charge in [-0.3, -0.25) is 0 Å². The molecule has 0 radical (unpaired) electrons. The molecule has 0 saturated carbocycles. The van der Waals surface area contributed by atoms with E-state index in [0.717, 1.165) is 13.1 Å². The summed E-state index contributed by atoms with van der Waals surface area (Å²) in [6, 6.07) is 6.80. The van der Waals surface area contributed by atoms with Gasteiger partial charge in [-0.1, -0.05) is 38.0 Å². The van der Waals surface area contributed by atoms with E-state index >= 15 is 0 Å². The van der Waals surface area contributed by atoms with E-state index in [1.54, 1.807) is 11.1 Å². The first-order valence-electron chi connectivity index (χ1n) is 6.22. The number of aryl methyl sites for hydroxylation is 1. The Morgan fingerprint density at radius 2 is 2.20 bits per heavy atom. The molecule has 1 nitrogen and oxygen atoms in total. The highest BCUT2D eigenvalue weighted by atomic mass is 14.9. The molecular weight excluding hydrogens is 182 g/mol. The number of nitrogens with one attached hydrogen (secondary N) is 1. The minimum Gasteiger partial charge on any atom is -0.312 e. The fourth-order valence-corrected chi connectivity index (χ4v) is 2.41. The van der Waals surface area contributed by atoms with Gasteiger partial charge in [0.1, 0.15) is 0 Å². The third-order valence-electron chi connectivity index (χ3n) is 3.29. The van der Waals surface area contributed by atoms with Gasteiger partial charge >= 0.3 is 0 Å². The van der Waals surface area contributed by atoms with E-state index in [4.69, 9.17) is 0 Å². The molecule has 0 amide bonds. The number of fused-ring (bicyclic) bond motifs is 1. The van der Waals surface area contributed by atoms with Crippen LogP contribution in [0.2, 0.25) is 0 Å². The van der Waals surface area contributed by atoms with Crippen LogP contribution in [0, 0.1) is 0 Å². The normalized spacial score (nSPS) is 15.0. The minimum atomic E-state index is 1.07. The Morgan fingerprint density at radius 3 is 3.07 bits per heavy atom. The average molecular weight is 203 g/mol. The molecule has 0 saturated heterocycles. The van der Waals surface area contributed by atoms with Crippen LogP contribution in [0.5, 0.6) is 0 Å². The lowest BCUT2D eigenvalue weighted by atomic mass is 9.92. The van der Waals surface area contributed by atoms with E-state index in [1.165, 1.54) is 37.7 Å². The highest BCUT2D eigenvalue weighted by Gasteiger charge is 2.11. The van der Waals surface area contributed by atoms with E-state index in [1.807, 2.05) is 0 Å². The van der Waals surface area contributed by atoms with Gasteiger partial charge < -0.3 is 5.32 Å². The van der Waals surface area contributed by atoms with Crippen LogP contribution >= 0.6 is 0 Å². The first kappa shape index (κ1) is 10.7. The molecule has 0 spiro atoms. The van der Waals surface area contributed by atoms with Crippen LogP contribution in [-0.4, -0.2) is 6.54 Å². The number of hydrogen-bond donors (Lipinski definition) is 1. The lowest BCUT2D eigenvalue weighted by Crippen LogP contribution is -2.24. The molecule has 1 heteroatoms.